The lowest BCUT2D eigenvalue weighted by molar-refractivity contribution is -0.0457. The molecule has 1 aromatic heterocycles. The van der Waals surface area contributed by atoms with Crippen molar-refractivity contribution in [3.05, 3.63) is 28.2 Å². The number of aromatic amines is 1. The van der Waals surface area contributed by atoms with E-state index in [-0.39, 0.29) is 55.5 Å². The number of hydrogen-bond acceptors (Lipinski definition) is 6. The lowest BCUT2D eigenvalue weighted by Gasteiger charge is -2.40. The molecule has 0 aliphatic carbocycles. The van der Waals surface area contributed by atoms with Gasteiger partial charge in [-0.05, 0) is 19.9 Å². The predicted molar refractivity (Wildman–Crippen MR) is 92.8 cm³/mol. The number of nitrogens with zero attached hydrogens (tertiary/aromatic N) is 4. The van der Waals surface area contributed by atoms with Crippen molar-refractivity contribution in [2.75, 3.05) is 39.3 Å². The van der Waals surface area contributed by atoms with Gasteiger partial charge in [0.15, 0.2) is 0 Å². The van der Waals surface area contributed by atoms with Crippen LogP contribution in [0.25, 0.3) is 0 Å². The highest BCUT2D eigenvalue weighted by molar-refractivity contribution is 7.86. The van der Waals surface area contributed by atoms with Crippen molar-refractivity contribution in [2.45, 2.75) is 26.1 Å². The number of carbonyl (C=O) groups is 1. The van der Waals surface area contributed by atoms with Gasteiger partial charge >= 0.3 is 0 Å². The molecule has 0 bridgehead atoms. The van der Waals surface area contributed by atoms with Crippen molar-refractivity contribution in [1.29, 1.82) is 0 Å². The van der Waals surface area contributed by atoms with Gasteiger partial charge < -0.3 is 9.64 Å². The molecule has 1 aromatic rings. The third kappa shape index (κ3) is 3.95. The fourth-order valence-corrected chi connectivity index (χ4v) is 4.98. The van der Waals surface area contributed by atoms with Gasteiger partial charge in [0.25, 0.3) is 21.7 Å². The fourth-order valence-electron chi connectivity index (χ4n) is 3.23. The number of morpholine rings is 1. The van der Waals surface area contributed by atoms with Crippen LogP contribution in [0.2, 0.25) is 0 Å². The van der Waals surface area contributed by atoms with Gasteiger partial charge in [-0.1, -0.05) is 0 Å². The summed E-state index contributed by atoms with van der Waals surface area (Å²) in [5, 5.41) is 5.95. The van der Waals surface area contributed by atoms with Gasteiger partial charge in [0.2, 0.25) is 0 Å². The van der Waals surface area contributed by atoms with Gasteiger partial charge in [-0.3, -0.25) is 9.59 Å². The highest BCUT2D eigenvalue weighted by Crippen LogP contribution is 2.19. The van der Waals surface area contributed by atoms with E-state index in [9.17, 15) is 18.0 Å². The van der Waals surface area contributed by atoms with Crippen molar-refractivity contribution in [3.8, 4) is 0 Å². The number of aromatic nitrogens is 2. The average molecular weight is 385 g/mol. The molecule has 2 atom stereocenters. The second kappa shape index (κ2) is 7.43. The van der Waals surface area contributed by atoms with Crippen LogP contribution in [0.15, 0.2) is 16.9 Å². The van der Waals surface area contributed by atoms with E-state index in [0.29, 0.717) is 13.1 Å². The van der Waals surface area contributed by atoms with Crippen LogP contribution < -0.4 is 5.56 Å². The number of hydrogen-bond donors (Lipinski definition) is 1. The van der Waals surface area contributed by atoms with Gasteiger partial charge in [-0.2, -0.15) is 22.1 Å². The summed E-state index contributed by atoms with van der Waals surface area (Å²) < 4.78 is 34.2. The quantitative estimate of drug-likeness (QED) is 0.705. The second-order valence-electron chi connectivity index (χ2n) is 6.58. The van der Waals surface area contributed by atoms with E-state index in [1.54, 1.807) is 0 Å². The fraction of sp³-hybridized carbons (Fsp3) is 0.667. The Kier molecular flexibility index (Phi) is 5.42. The molecule has 144 valence electrons. The van der Waals surface area contributed by atoms with Crippen molar-refractivity contribution >= 4 is 16.1 Å². The van der Waals surface area contributed by atoms with Crippen LogP contribution in [0.3, 0.4) is 0 Å². The highest BCUT2D eigenvalue weighted by atomic mass is 32.2. The summed E-state index contributed by atoms with van der Waals surface area (Å²) in [5.41, 5.74) is -0.247. The molecule has 0 spiro atoms. The summed E-state index contributed by atoms with van der Waals surface area (Å²) in [6.45, 7) is 5.34. The molecule has 1 N–H and O–H groups in total. The molecule has 3 heterocycles. The molecule has 11 heteroatoms. The summed E-state index contributed by atoms with van der Waals surface area (Å²) in [6.07, 6.45) is -0.301. The number of nitrogens with one attached hydrogen (secondary N) is 1. The average Bonchev–Trinajstić information content (AvgIpc) is 2.61. The number of ether oxygens (including phenoxy) is 1. The third-order valence-corrected chi connectivity index (χ3v) is 6.43. The largest absolute Gasteiger partial charge is 0.373 e. The zero-order valence-corrected chi connectivity index (χ0v) is 15.6. The SMILES string of the molecule is C[C@H]1CN(S(=O)(=O)N2CCN(C(=O)c3ccc(=O)[nH]n3)CC2)C[C@H](C)O1. The zero-order valence-electron chi connectivity index (χ0n) is 14.8. The van der Waals surface area contributed by atoms with E-state index in [2.05, 4.69) is 10.2 Å². The molecule has 0 saturated carbocycles. The lowest BCUT2D eigenvalue weighted by Crippen LogP contribution is -2.57. The van der Waals surface area contributed by atoms with Crippen molar-refractivity contribution in [3.63, 3.8) is 0 Å². The van der Waals surface area contributed by atoms with Crippen LogP contribution in [0.5, 0.6) is 0 Å². The minimum absolute atomic E-state index is 0.136. The normalized spacial score (nSPS) is 26.0. The van der Waals surface area contributed by atoms with E-state index in [4.69, 9.17) is 4.74 Å². The lowest BCUT2D eigenvalue weighted by atomic mass is 10.3. The first kappa shape index (κ1) is 19.0. The van der Waals surface area contributed by atoms with E-state index in [0.717, 1.165) is 0 Å². The van der Waals surface area contributed by atoms with Gasteiger partial charge in [0.05, 0.1) is 12.2 Å². The van der Waals surface area contributed by atoms with Crippen LogP contribution >= 0.6 is 0 Å². The van der Waals surface area contributed by atoms with Gasteiger partial charge in [-0.15, -0.1) is 0 Å². The molecule has 0 radical (unpaired) electrons. The molecule has 0 unspecified atom stereocenters. The summed E-state index contributed by atoms with van der Waals surface area (Å²) in [6, 6.07) is 2.60. The number of rotatable bonds is 3. The Morgan fingerprint density at radius 3 is 2.27 bits per heavy atom. The molecule has 26 heavy (non-hydrogen) atoms. The monoisotopic (exact) mass is 385 g/mol. The Balaban J connectivity index is 1.63. The molecule has 2 aliphatic heterocycles. The van der Waals surface area contributed by atoms with E-state index in [1.807, 2.05) is 13.8 Å². The van der Waals surface area contributed by atoms with Gasteiger partial charge in [0.1, 0.15) is 5.69 Å². The molecule has 3 rings (SSSR count). The molecule has 0 aromatic carbocycles. The van der Waals surface area contributed by atoms with Crippen LogP contribution in [-0.2, 0) is 14.9 Å². The Bertz CT molecular complexity index is 787. The maximum absolute atomic E-state index is 12.9. The molecular formula is C15H23N5O5S. The Hall–Kier alpha value is -1.82. The van der Waals surface area contributed by atoms with Crippen molar-refractivity contribution < 1.29 is 17.9 Å². The number of H-pyrrole nitrogens is 1. The molecule has 1 amide bonds. The van der Waals surface area contributed by atoms with Crippen LogP contribution in [0.4, 0.5) is 0 Å². The van der Waals surface area contributed by atoms with E-state index < -0.39 is 10.2 Å². The number of carbonyl (C=O) groups excluding carboxylic acids is 1. The third-order valence-electron chi connectivity index (χ3n) is 4.46. The molecule has 2 aliphatic rings. The summed E-state index contributed by atoms with van der Waals surface area (Å²) in [7, 11) is -3.58. The minimum atomic E-state index is -3.58. The molecule has 2 fully saturated rings. The Morgan fingerprint density at radius 1 is 1.12 bits per heavy atom. The number of amides is 1. The maximum atomic E-state index is 12.9. The second-order valence-corrected chi connectivity index (χ2v) is 8.51. The standard InChI is InChI=1S/C15H23N5O5S/c1-11-9-20(10-12(2)25-11)26(23,24)19-7-5-18(6-8-19)15(22)13-3-4-14(21)17-16-13/h3-4,11-12H,5-10H2,1-2H3,(H,17,21)/t11-,12-/m0/s1. The topological polar surface area (TPSA) is 116 Å². The molecule has 10 nitrogen and oxygen atoms in total. The molecule has 2 saturated heterocycles. The van der Waals surface area contributed by atoms with Crippen LogP contribution in [0.1, 0.15) is 24.3 Å². The van der Waals surface area contributed by atoms with Crippen molar-refractivity contribution in [2.24, 2.45) is 0 Å². The first-order valence-corrected chi connectivity index (χ1v) is 9.93. The summed E-state index contributed by atoms with van der Waals surface area (Å²) in [5.74, 6) is -0.327. The van der Waals surface area contributed by atoms with E-state index >= 15 is 0 Å². The van der Waals surface area contributed by atoms with Crippen molar-refractivity contribution in [1.82, 2.24) is 23.7 Å². The smallest absolute Gasteiger partial charge is 0.282 e. The highest BCUT2D eigenvalue weighted by Gasteiger charge is 2.37. The molecular weight excluding hydrogens is 362 g/mol. The van der Waals surface area contributed by atoms with Crippen LogP contribution in [-0.4, -0.2) is 89.5 Å². The Labute approximate surface area is 151 Å². The predicted octanol–water partition coefficient (Wildman–Crippen LogP) is -1.12. The van der Waals surface area contributed by atoms with Gasteiger partial charge in [-0.25, -0.2) is 5.10 Å². The minimum Gasteiger partial charge on any atom is -0.373 e. The van der Waals surface area contributed by atoms with E-state index in [1.165, 1.54) is 25.6 Å². The summed E-state index contributed by atoms with van der Waals surface area (Å²) >= 11 is 0. The first-order chi connectivity index (χ1) is 12.3. The number of piperazine rings is 1. The van der Waals surface area contributed by atoms with Crippen LogP contribution in [0, 0.1) is 0 Å². The van der Waals surface area contributed by atoms with Gasteiger partial charge in [0, 0.05) is 45.3 Å². The zero-order chi connectivity index (χ0) is 18.9. The maximum Gasteiger partial charge on any atom is 0.282 e. The Morgan fingerprint density at radius 2 is 1.73 bits per heavy atom. The summed E-state index contributed by atoms with van der Waals surface area (Å²) in [4.78, 5) is 25.0. The first-order valence-electron chi connectivity index (χ1n) is 8.53.